The lowest BCUT2D eigenvalue weighted by molar-refractivity contribution is 0.460. The van der Waals surface area contributed by atoms with Gasteiger partial charge in [-0.2, -0.15) is 4.98 Å². The fraction of sp³-hybridized carbons (Fsp3) is 0.474. The first-order valence-corrected chi connectivity index (χ1v) is 9.84. The molecule has 0 aliphatic heterocycles. The number of rotatable bonds is 5. The van der Waals surface area contributed by atoms with E-state index in [9.17, 15) is 4.39 Å². The molecule has 2 aromatic rings. The van der Waals surface area contributed by atoms with Crippen LogP contribution >= 0.6 is 15.9 Å². The van der Waals surface area contributed by atoms with Gasteiger partial charge in [0.05, 0.1) is 11.4 Å². The molecule has 0 radical (unpaired) electrons. The molecule has 2 saturated carbocycles. The molecule has 1 heterocycles. The van der Waals surface area contributed by atoms with E-state index >= 15 is 0 Å². The fourth-order valence-electron chi connectivity index (χ4n) is 3.34. The van der Waals surface area contributed by atoms with E-state index in [1.807, 2.05) is 6.07 Å². The zero-order chi connectivity index (χ0) is 17.2. The van der Waals surface area contributed by atoms with Gasteiger partial charge in [-0.15, -0.1) is 0 Å². The second-order valence-corrected chi connectivity index (χ2v) is 7.86. The molecule has 0 saturated heterocycles. The van der Waals surface area contributed by atoms with Crippen molar-refractivity contribution in [1.82, 2.24) is 9.97 Å². The van der Waals surface area contributed by atoms with Crippen LogP contribution in [0.2, 0.25) is 0 Å². The highest BCUT2D eigenvalue weighted by Gasteiger charge is 2.26. The van der Waals surface area contributed by atoms with Crippen LogP contribution in [0.1, 0.15) is 56.6 Å². The molecule has 1 aromatic carbocycles. The summed E-state index contributed by atoms with van der Waals surface area (Å²) in [7, 11) is 0. The second-order valence-electron chi connectivity index (χ2n) is 7.00. The number of hydrogen-bond acceptors (Lipinski definition) is 4. The van der Waals surface area contributed by atoms with E-state index in [0.717, 1.165) is 17.2 Å². The average molecular weight is 405 g/mol. The summed E-state index contributed by atoms with van der Waals surface area (Å²) in [5, 5.41) is 6.82. The predicted molar refractivity (Wildman–Crippen MR) is 102 cm³/mol. The zero-order valence-electron chi connectivity index (χ0n) is 14.1. The third-order valence-electron chi connectivity index (χ3n) is 4.87. The highest BCUT2D eigenvalue weighted by Crippen LogP contribution is 2.40. The van der Waals surface area contributed by atoms with Crippen molar-refractivity contribution in [3.8, 4) is 0 Å². The largest absolute Gasteiger partial charge is 0.351 e. The topological polar surface area (TPSA) is 49.8 Å². The van der Waals surface area contributed by atoms with Crippen molar-refractivity contribution in [3.05, 3.63) is 40.2 Å². The molecule has 132 valence electrons. The summed E-state index contributed by atoms with van der Waals surface area (Å²) < 4.78 is 14.0. The minimum atomic E-state index is -0.265. The van der Waals surface area contributed by atoms with Crippen LogP contribution in [0, 0.1) is 5.82 Å². The first kappa shape index (κ1) is 16.8. The maximum Gasteiger partial charge on any atom is 0.225 e. The van der Waals surface area contributed by atoms with Crippen LogP contribution in [0.5, 0.6) is 0 Å². The molecule has 6 heteroatoms. The van der Waals surface area contributed by atoms with Gasteiger partial charge in [-0.05, 0) is 59.8 Å². The van der Waals surface area contributed by atoms with E-state index in [2.05, 4.69) is 31.5 Å². The summed E-state index contributed by atoms with van der Waals surface area (Å²) in [5.74, 6) is 1.74. The first-order valence-electron chi connectivity index (χ1n) is 9.05. The number of nitrogens with one attached hydrogen (secondary N) is 2. The van der Waals surface area contributed by atoms with Gasteiger partial charge >= 0.3 is 0 Å². The molecular formula is C19H22BrFN4. The molecule has 2 aliphatic rings. The molecule has 25 heavy (non-hydrogen) atoms. The Balaban J connectivity index is 1.57. The molecule has 4 nitrogen and oxygen atoms in total. The van der Waals surface area contributed by atoms with Crippen LogP contribution in [0.25, 0.3) is 0 Å². The van der Waals surface area contributed by atoms with Gasteiger partial charge in [-0.3, -0.25) is 0 Å². The Bertz CT molecular complexity index is 757. The number of aromatic nitrogens is 2. The molecule has 0 atom stereocenters. The summed E-state index contributed by atoms with van der Waals surface area (Å²) in [4.78, 5) is 9.38. The van der Waals surface area contributed by atoms with Gasteiger partial charge < -0.3 is 10.6 Å². The van der Waals surface area contributed by atoms with Gasteiger partial charge in [0.1, 0.15) is 11.6 Å². The molecule has 2 aliphatic carbocycles. The molecule has 2 N–H and O–H groups in total. The summed E-state index contributed by atoms with van der Waals surface area (Å²) >= 11 is 3.40. The molecular weight excluding hydrogens is 383 g/mol. The Labute approximate surface area is 155 Å². The SMILES string of the molecule is Fc1ccc(Nc2cc(C3CC3)nc(NC3CCCCC3)n2)c(Br)c1. The van der Waals surface area contributed by atoms with Crippen molar-refractivity contribution >= 4 is 33.4 Å². The molecule has 0 spiro atoms. The minimum Gasteiger partial charge on any atom is -0.351 e. The van der Waals surface area contributed by atoms with Crippen molar-refractivity contribution in [3.63, 3.8) is 0 Å². The third-order valence-corrected chi connectivity index (χ3v) is 5.53. The Morgan fingerprint density at radius 2 is 1.80 bits per heavy atom. The zero-order valence-corrected chi connectivity index (χ0v) is 15.7. The van der Waals surface area contributed by atoms with Crippen molar-refractivity contribution in [2.24, 2.45) is 0 Å². The number of anilines is 3. The number of nitrogens with zero attached hydrogens (tertiary/aromatic N) is 2. The lowest BCUT2D eigenvalue weighted by Gasteiger charge is -2.23. The van der Waals surface area contributed by atoms with Crippen molar-refractivity contribution in [2.75, 3.05) is 10.6 Å². The van der Waals surface area contributed by atoms with Crippen LogP contribution in [0.15, 0.2) is 28.7 Å². The Morgan fingerprint density at radius 1 is 1.00 bits per heavy atom. The lowest BCUT2D eigenvalue weighted by Crippen LogP contribution is -2.23. The molecule has 1 aromatic heterocycles. The number of halogens is 2. The van der Waals surface area contributed by atoms with Gasteiger partial charge in [0.25, 0.3) is 0 Å². The number of benzene rings is 1. The first-order chi connectivity index (χ1) is 12.2. The summed E-state index contributed by atoms with van der Waals surface area (Å²) in [6.45, 7) is 0. The Kier molecular flexibility index (Phi) is 4.88. The summed E-state index contributed by atoms with van der Waals surface area (Å²) in [6.07, 6.45) is 8.62. The van der Waals surface area contributed by atoms with E-state index in [-0.39, 0.29) is 5.82 Å². The molecule has 2 fully saturated rings. The van der Waals surface area contributed by atoms with E-state index in [0.29, 0.717) is 22.4 Å². The van der Waals surface area contributed by atoms with Gasteiger partial charge in [-0.1, -0.05) is 19.3 Å². The molecule has 0 amide bonds. The Hall–Kier alpha value is -1.69. The van der Waals surface area contributed by atoms with Crippen LogP contribution in [0.4, 0.5) is 21.8 Å². The smallest absolute Gasteiger partial charge is 0.225 e. The quantitative estimate of drug-likeness (QED) is 0.666. The van der Waals surface area contributed by atoms with Gasteiger partial charge in [0, 0.05) is 22.5 Å². The summed E-state index contributed by atoms with van der Waals surface area (Å²) in [5.41, 5.74) is 1.89. The van der Waals surface area contributed by atoms with Crippen molar-refractivity contribution in [1.29, 1.82) is 0 Å². The standard InChI is InChI=1S/C19H22BrFN4/c20-15-10-13(21)8-9-16(15)23-18-11-17(12-6-7-12)24-19(25-18)22-14-4-2-1-3-5-14/h8-12,14H,1-7H2,(H2,22,23,24,25). The molecule has 0 bridgehead atoms. The van der Waals surface area contributed by atoms with Crippen LogP contribution in [-0.4, -0.2) is 16.0 Å². The number of hydrogen-bond donors (Lipinski definition) is 2. The third kappa shape index (κ3) is 4.29. The van der Waals surface area contributed by atoms with E-state index in [4.69, 9.17) is 4.98 Å². The van der Waals surface area contributed by atoms with E-state index < -0.39 is 0 Å². The molecule has 0 unspecified atom stereocenters. The maximum absolute atomic E-state index is 13.3. The minimum absolute atomic E-state index is 0.265. The highest BCUT2D eigenvalue weighted by atomic mass is 79.9. The normalized spacial score (nSPS) is 18.2. The van der Waals surface area contributed by atoms with Crippen LogP contribution in [-0.2, 0) is 0 Å². The fourth-order valence-corrected chi connectivity index (χ4v) is 3.79. The summed E-state index contributed by atoms with van der Waals surface area (Å²) in [6, 6.07) is 7.09. The van der Waals surface area contributed by atoms with Crippen LogP contribution in [0.3, 0.4) is 0 Å². The highest BCUT2D eigenvalue weighted by molar-refractivity contribution is 9.10. The Morgan fingerprint density at radius 3 is 2.52 bits per heavy atom. The maximum atomic E-state index is 13.3. The monoisotopic (exact) mass is 404 g/mol. The molecule has 4 rings (SSSR count). The lowest BCUT2D eigenvalue weighted by atomic mass is 9.96. The van der Waals surface area contributed by atoms with Gasteiger partial charge in [0.2, 0.25) is 5.95 Å². The predicted octanol–water partition coefficient (Wildman–Crippen LogP) is 5.74. The van der Waals surface area contributed by atoms with Gasteiger partial charge in [-0.25, -0.2) is 9.37 Å². The second kappa shape index (κ2) is 7.28. The average Bonchev–Trinajstić information content (AvgIpc) is 3.43. The van der Waals surface area contributed by atoms with Crippen molar-refractivity contribution in [2.45, 2.75) is 56.9 Å². The van der Waals surface area contributed by atoms with Crippen LogP contribution < -0.4 is 10.6 Å². The van der Waals surface area contributed by atoms with E-state index in [1.54, 1.807) is 6.07 Å². The van der Waals surface area contributed by atoms with Gasteiger partial charge in [0.15, 0.2) is 0 Å². The van der Waals surface area contributed by atoms with E-state index in [1.165, 1.54) is 57.1 Å². The van der Waals surface area contributed by atoms with Crippen molar-refractivity contribution < 1.29 is 4.39 Å².